The third-order valence-electron chi connectivity index (χ3n) is 6.36. The number of carbonyl (C=O) groups is 1. The van der Waals surface area contributed by atoms with Crippen LogP contribution < -0.4 is 10.1 Å². The van der Waals surface area contributed by atoms with Crippen LogP contribution in [0.4, 0.5) is 4.79 Å². The molecule has 25 heavy (non-hydrogen) atoms. The van der Waals surface area contributed by atoms with E-state index in [9.17, 15) is 4.79 Å². The maximum atomic E-state index is 11.7. The fourth-order valence-corrected chi connectivity index (χ4v) is 5.23. The Bertz CT molecular complexity index is 676. The second-order valence-electron chi connectivity index (χ2n) is 7.41. The number of fused-ring (bicyclic) bond motifs is 2. The molecule has 1 saturated heterocycles. The molecule has 3 aliphatic rings. The molecule has 2 aliphatic carbocycles. The van der Waals surface area contributed by atoms with Gasteiger partial charge in [0.25, 0.3) is 0 Å². The topological polar surface area (TPSA) is 60.1 Å². The van der Waals surface area contributed by atoms with Crippen LogP contribution in [0.3, 0.4) is 0 Å². The molecule has 5 heteroatoms. The Labute approximate surface area is 149 Å². The van der Waals surface area contributed by atoms with Gasteiger partial charge in [0.15, 0.2) is 0 Å². The van der Waals surface area contributed by atoms with Crippen LogP contribution in [0.5, 0.6) is 5.75 Å². The van der Waals surface area contributed by atoms with Crippen molar-refractivity contribution in [1.29, 1.82) is 0 Å². The number of alkyl carbamates (subject to hydrolysis) is 1. The van der Waals surface area contributed by atoms with Crippen LogP contribution in [-0.4, -0.2) is 38.1 Å². The van der Waals surface area contributed by atoms with Crippen molar-refractivity contribution < 1.29 is 19.0 Å². The van der Waals surface area contributed by atoms with E-state index in [-0.39, 0.29) is 17.1 Å². The molecule has 4 rings (SSSR count). The highest BCUT2D eigenvalue weighted by molar-refractivity contribution is 5.67. The lowest BCUT2D eigenvalue weighted by molar-refractivity contribution is 0.108. The molecule has 1 aromatic rings. The molecule has 3 unspecified atom stereocenters. The molecule has 0 aromatic heterocycles. The van der Waals surface area contributed by atoms with E-state index < -0.39 is 0 Å². The summed E-state index contributed by atoms with van der Waals surface area (Å²) in [6.07, 6.45) is 6.52. The summed E-state index contributed by atoms with van der Waals surface area (Å²) in [4.78, 5) is 11.7. The van der Waals surface area contributed by atoms with Crippen LogP contribution in [0.1, 0.15) is 50.2 Å². The number of carbonyl (C=O) groups excluding carboxylic acids is 1. The highest BCUT2D eigenvalue weighted by Crippen LogP contribution is 2.65. The maximum Gasteiger partial charge on any atom is 0.407 e. The van der Waals surface area contributed by atoms with Crippen molar-refractivity contribution in [3.8, 4) is 5.75 Å². The number of amides is 1. The molecule has 3 atom stereocenters. The number of rotatable bonds is 5. The quantitative estimate of drug-likeness (QED) is 0.832. The van der Waals surface area contributed by atoms with Gasteiger partial charge in [-0.2, -0.15) is 0 Å². The molecule has 0 bridgehead atoms. The Hall–Kier alpha value is -1.75. The fourth-order valence-electron chi connectivity index (χ4n) is 5.23. The number of hydrogen-bond donors (Lipinski definition) is 1. The summed E-state index contributed by atoms with van der Waals surface area (Å²) in [5, 5.41) is 2.91. The summed E-state index contributed by atoms with van der Waals surface area (Å²) in [6.45, 7) is 2.82. The van der Waals surface area contributed by atoms with E-state index in [2.05, 4.69) is 17.4 Å². The van der Waals surface area contributed by atoms with Gasteiger partial charge in [-0.25, -0.2) is 4.79 Å². The van der Waals surface area contributed by atoms with E-state index in [1.54, 1.807) is 7.11 Å². The van der Waals surface area contributed by atoms with Crippen LogP contribution >= 0.6 is 0 Å². The zero-order chi connectivity index (χ0) is 17.5. The lowest BCUT2D eigenvalue weighted by Crippen LogP contribution is -2.51. The van der Waals surface area contributed by atoms with Crippen LogP contribution in [0.15, 0.2) is 18.2 Å². The zero-order valence-electron chi connectivity index (χ0n) is 15.1. The largest absolute Gasteiger partial charge is 0.497 e. The summed E-state index contributed by atoms with van der Waals surface area (Å²) in [6, 6.07) is 6.43. The van der Waals surface area contributed by atoms with Crippen molar-refractivity contribution >= 4 is 6.09 Å². The number of epoxide rings is 1. The molecule has 0 radical (unpaired) electrons. The van der Waals surface area contributed by atoms with Gasteiger partial charge in [0.1, 0.15) is 11.4 Å². The third-order valence-corrected chi connectivity index (χ3v) is 6.36. The van der Waals surface area contributed by atoms with Crippen LogP contribution in [0.2, 0.25) is 0 Å². The number of methoxy groups -OCH3 is 1. The first-order valence-electron chi connectivity index (χ1n) is 9.41. The smallest absolute Gasteiger partial charge is 0.407 e. The van der Waals surface area contributed by atoms with Crippen molar-refractivity contribution in [2.45, 2.75) is 62.6 Å². The second-order valence-corrected chi connectivity index (χ2v) is 7.41. The Balaban J connectivity index is 1.65. The lowest BCUT2D eigenvalue weighted by Gasteiger charge is -2.47. The first-order valence-corrected chi connectivity index (χ1v) is 9.41. The predicted octanol–water partition coefficient (Wildman–Crippen LogP) is 3.34. The van der Waals surface area contributed by atoms with E-state index in [0.717, 1.165) is 31.4 Å². The van der Waals surface area contributed by atoms with E-state index in [1.165, 1.54) is 24.0 Å². The Morgan fingerprint density at radius 3 is 3.00 bits per heavy atom. The summed E-state index contributed by atoms with van der Waals surface area (Å²) >= 11 is 0. The highest BCUT2D eigenvalue weighted by atomic mass is 16.6. The first-order chi connectivity index (χ1) is 12.1. The van der Waals surface area contributed by atoms with E-state index in [1.807, 2.05) is 13.0 Å². The van der Waals surface area contributed by atoms with Crippen molar-refractivity contribution in [2.24, 2.45) is 0 Å². The van der Waals surface area contributed by atoms with Gasteiger partial charge < -0.3 is 19.5 Å². The van der Waals surface area contributed by atoms with Crippen LogP contribution in [-0.2, 0) is 21.3 Å². The Kier molecular flexibility index (Phi) is 4.14. The second kappa shape index (κ2) is 6.20. The van der Waals surface area contributed by atoms with Gasteiger partial charge in [0.2, 0.25) is 0 Å². The maximum absolute atomic E-state index is 11.7. The molecule has 1 spiro atoms. The molecule has 2 fully saturated rings. The van der Waals surface area contributed by atoms with Crippen molar-refractivity contribution in [1.82, 2.24) is 5.32 Å². The normalized spacial score (nSPS) is 32.0. The average Bonchev–Trinajstić information content (AvgIpc) is 3.32. The van der Waals surface area contributed by atoms with E-state index >= 15 is 0 Å². The minimum absolute atomic E-state index is 0.0302. The molecule has 1 heterocycles. The number of benzene rings is 1. The molecular weight excluding hydrogens is 318 g/mol. The predicted molar refractivity (Wildman–Crippen MR) is 94.1 cm³/mol. The molecule has 136 valence electrons. The number of nitrogens with one attached hydrogen (secondary N) is 1. The number of ether oxygens (including phenoxy) is 3. The van der Waals surface area contributed by atoms with E-state index in [4.69, 9.17) is 14.2 Å². The van der Waals surface area contributed by atoms with Gasteiger partial charge in [0.05, 0.1) is 19.8 Å². The van der Waals surface area contributed by atoms with Crippen molar-refractivity contribution in [3.05, 3.63) is 29.3 Å². The van der Waals surface area contributed by atoms with Gasteiger partial charge in [-0.05, 0) is 49.4 Å². The minimum atomic E-state index is -0.335. The summed E-state index contributed by atoms with van der Waals surface area (Å²) in [5.41, 5.74) is 2.67. The summed E-state index contributed by atoms with van der Waals surface area (Å²) in [5.74, 6) is 0.899. The summed E-state index contributed by atoms with van der Waals surface area (Å²) < 4.78 is 16.8. The van der Waals surface area contributed by atoms with Gasteiger partial charge in [0, 0.05) is 18.4 Å². The minimum Gasteiger partial charge on any atom is -0.497 e. The average molecular weight is 345 g/mol. The van der Waals surface area contributed by atoms with Gasteiger partial charge >= 0.3 is 6.09 Å². The van der Waals surface area contributed by atoms with Crippen molar-refractivity contribution in [2.75, 3.05) is 20.3 Å². The molecule has 1 aromatic carbocycles. The summed E-state index contributed by atoms with van der Waals surface area (Å²) in [7, 11) is 1.71. The monoisotopic (exact) mass is 345 g/mol. The lowest BCUT2D eigenvalue weighted by atomic mass is 9.55. The third kappa shape index (κ3) is 2.51. The van der Waals surface area contributed by atoms with Gasteiger partial charge in [-0.15, -0.1) is 0 Å². The Morgan fingerprint density at radius 2 is 2.20 bits per heavy atom. The van der Waals surface area contributed by atoms with Crippen molar-refractivity contribution in [3.63, 3.8) is 0 Å². The molecule has 5 nitrogen and oxygen atoms in total. The van der Waals surface area contributed by atoms with Crippen LogP contribution in [0, 0.1) is 0 Å². The van der Waals surface area contributed by atoms with Gasteiger partial charge in [-0.3, -0.25) is 0 Å². The Morgan fingerprint density at radius 1 is 1.36 bits per heavy atom. The first kappa shape index (κ1) is 16.7. The van der Waals surface area contributed by atoms with E-state index in [0.29, 0.717) is 19.3 Å². The standard InChI is InChI=1S/C20H27NO4/c1-3-24-18(22)21-11-10-19-8-4-5-9-20(19)17(25-20)12-14-6-7-15(23-2)13-16(14)19/h6-7,13,17H,3-5,8-12H2,1-2H3,(H,21,22). The molecule has 1 N–H and O–H groups in total. The van der Waals surface area contributed by atoms with Gasteiger partial charge in [-0.1, -0.05) is 18.9 Å². The highest BCUT2D eigenvalue weighted by Gasteiger charge is 2.71. The molecule has 1 saturated carbocycles. The molecular formula is C20H27NO4. The fraction of sp³-hybridized carbons (Fsp3) is 0.650. The molecule has 1 amide bonds. The van der Waals surface area contributed by atoms with Crippen LogP contribution in [0.25, 0.3) is 0 Å². The molecule has 1 aliphatic heterocycles. The zero-order valence-corrected chi connectivity index (χ0v) is 15.1. The SMILES string of the molecule is CCOC(=O)NCCC12CCCCC13OC3Cc1ccc(OC)cc12. The number of hydrogen-bond acceptors (Lipinski definition) is 4.